The van der Waals surface area contributed by atoms with Crippen molar-refractivity contribution in [3.05, 3.63) is 70.2 Å². The van der Waals surface area contributed by atoms with Crippen LogP contribution in [0.4, 0.5) is 0 Å². The molecule has 19 heavy (non-hydrogen) atoms. The first-order valence-corrected chi connectivity index (χ1v) is 7.21. The standard InChI is InChI=1S/C15H13BrClNO/c16-13-9-5-4-8-12(13)15(19)18-14(10-17)11-6-2-1-3-7-11/h1-9,14H,10H2,(H,18,19). The van der Waals surface area contributed by atoms with Crippen molar-refractivity contribution < 1.29 is 4.79 Å². The van der Waals surface area contributed by atoms with Gasteiger partial charge in [0.2, 0.25) is 0 Å². The lowest BCUT2D eigenvalue weighted by atomic mass is 10.1. The summed E-state index contributed by atoms with van der Waals surface area (Å²) in [5.41, 5.74) is 1.60. The van der Waals surface area contributed by atoms with Gasteiger partial charge in [0.05, 0.1) is 11.6 Å². The van der Waals surface area contributed by atoms with Crippen LogP contribution in [0.1, 0.15) is 22.0 Å². The highest BCUT2D eigenvalue weighted by Crippen LogP contribution is 2.19. The second kappa shape index (κ2) is 6.73. The largest absolute Gasteiger partial charge is 0.344 e. The Balaban J connectivity index is 2.16. The van der Waals surface area contributed by atoms with E-state index in [9.17, 15) is 4.79 Å². The molecule has 1 atom stereocenters. The van der Waals surface area contributed by atoms with Crippen LogP contribution in [0.5, 0.6) is 0 Å². The monoisotopic (exact) mass is 337 g/mol. The molecule has 0 radical (unpaired) electrons. The Kier molecular flexibility index (Phi) is 5.00. The fourth-order valence-electron chi connectivity index (χ4n) is 1.78. The van der Waals surface area contributed by atoms with E-state index in [1.54, 1.807) is 6.07 Å². The fraction of sp³-hybridized carbons (Fsp3) is 0.133. The lowest BCUT2D eigenvalue weighted by Crippen LogP contribution is -2.29. The summed E-state index contributed by atoms with van der Waals surface area (Å²) < 4.78 is 0.772. The molecule has 0 bridgehead atoms. The maximum Gasteiger partial charge on any atom is 0.252 e. The Labute approximate surface area is 125 Å². The van der Waals surface area contributed by atoms with Crippen molar-refractivity contribution in [2.45, 2.75) is 6.04 Å². The van der Waals surface area contributed by atoms with E-state index in [0.717, 1.165) is 10.0 Å². The molecule has 2 aromatic carbocycles. The third kappa shape index (κ3) is 3.58. The third-order valence-electron chi connectivity index (χ3n) is 2.78. The zero-order valence-corrected chi connectivity index (χ0v) is 12.5. The van der Waals surface area contributed by atoms with Crippen molar-refractivity contribution in [1.82, 2.24) is 5.32 Å². The number of rotatable bonds is 4. The Morgan fingerprint density at radius 2 is 1.74 bits per heavy atom. The summed E-state index contributed by atoms with van der Waals surface area (Å²) in [7, 11) is 0. The highest BCUT2D eigenvalue weighted by Gasteiger charge is 2.16. The first kappa shape index (κ1) is 14.1. The number of carbonyl (C=O) groups excluding carboxylic acids is 1. The van der Waals surface area contributed by atoms with Crippen LogP contribution in [0.25, 0.3) is 0 Å². The van der Waals surface area contributed by atoms with E-state index >= 15 is 0 Å². The second-order valence-electron chi connectivity index (χ2n) is 4.07. The van der Waals surface area contributed by atoms with Crippen molar-refractivity contribution >= 4 is 33.4 Å². The minimum Gasteiger partial charge on any atom is -0.344 e. The molecule has 1 N–H and O–H groups in total. The molecule has 98 valence electrons. The second-order valence-corrected chi connectivity index (χ2v) is 5.23. The van der Waals surface area contributed by atoms with Gasteiger partial charge in [-0.2, -0.15) is 0 Å². The van der Waals surface area contributed by atoms with E-state index < -0.39 is 0 Å². The smallest absolute Gasteiger partial charge is 0.252 e. The van der Waals surface area contributed by atoms with E-state index in [0.29, 0.717) is 11.4 Å². The predicted molar refractivity (Wildman–Crippen MR) is 81.5 cm³/mol. The summed E-state index contributed by atoms with van der Waals surface area (Å²) in [5, 5.41) is 2.94. The lowest BCUT2D eigenvalue weighted by Gasteiger charge is -2.17. The molecule has 1 amide bonds. The fourth-order valence-corrected chi connectivity index (χ4v) is 2.50. The van der Waals surface area contributed by atoms with Gasteiger partial charge in [0.15, 0.2) is 0 Å². The molecule has 2 aromatic rings. The molecule has 4 heteroatoms. The highest BCUT2D eigenvalue weighted by atomic mass is 79.9. The Morgan fingerprint density at radius 3 is 2.37 bits per heavy atom. The van der Waals surface area contributed by atoms with E-state index in [2.05, 4.69) is 21.2 Å². The molecule has 1 unspecified atom stereocenters. The van der Waals surface area contributed by atoms with Gasteiger partial charge in [-0.3, -0.25) is 4.79 Å². The number of hydrogen-bond acceptors (Lipinski definition) is 1. The van der Waals surface area contributed by atoms with Gasteiger partial charge in [-0.05, 0) is 33.6 Å². The minimum absolute atomic E-state index is 0.137. The maximum atomic E-state index is 12.2. The van der Waals surface area contributed by atoms with Gasteiger partial charge >= 0.3 is 0 Å². The predicted octanol–water partition coefficient (Wildman–Crippen LogP) is 4.16. The molecular formula is C15H13BrClNO. The van der Waals surface area contributed by atoms with Crippen LogP contribution in [-0.4, -0.2) is 11.8 Å². The topological polar surface area (TPSA) is 29.1 Å². The first-order chi connectivity index (χ1) is 9.22. The molecule has 0 aromatic heterocycles. The molecule has 0 fully saturated rings. The lowest BCUT2D eigenvalue weighted by molar-refractivity contribution is 0.0939. The molecule has 0 saturated heterocycles. The quantitative estimate of drug-likeness (QED) is 0.833. The SMILES string of the molecule is O=C(NC(CCl)c1ccccc1)c1ccccc1Br. The Hall–Kier alpha value is -1.32. The molecule has 0 spiro atoms. The van der Waals surface area contributed by atoms with Crippen LogP contribution in [0.3, 0.4) is 0 Å². The van der Waals surface area contributed by atoms with Crippen molar-refractivity contribution in [2.24, 2.45) is 0 Å². The zero-order valence-electron chi connectivity index (χ0n) is 10.1. The zero-order chi connectivity index (χ0) is 13.7. The first-order valence-electron chi connectivity index (χ1n) is 5.88. The Bertz CT molecular complexity index is 559. The van der Waals surface area contributed by atoms with Crippen molar-refractivity contribution in [3.8, 4) is 0 Å². The molecule has 0 aliphatic heterocycles. The number of carbonyl (C=O) groups is 1. The molecule has 0 heterocycles. The van der Waals surface area contributed by atoms with Gasteiger partial charge in [0.25, 0.3) is 5.91 Å². The van der Waals surface area contributed by atoms with Gasteiger partial charge in [-0.1, -0.05) is 42.5 Å². The van der Waals surface area contributed by atoms with Crippen molar-refractivity contribution in [3.63, 3.8) is 0 Å². The van der Waals surface area contributed by atoms with Gasteiger partial charge < -0.3 is 5.32 Å². The van der Waals surface area contributed by atoms with Gasteiger partial charge in [-0.15, -0.1) is 11.6 Å². The average molecular weight is 339 g/mol. The summed E-state index contributed by atoms with van der Waals surface area (Å²) in [6.07, 6.45) is 0. The van der Waals surface area contributed by atoms with E-state index in [1.807, 2.05) is 48.5 Å². The van der Waals surface area contributed by atoms with Crippen molar-refractivity contribution in [2.75, 3.05) is 5.88 Å². The number of alkyl halides is 1. The summed E-state index contributed by atoms with van der Waals surface area (Å²) >= 11 is 9.32. The van der Waals surface area contributed by atoms with Crippen LogP contribution < -0.4 is 5.32 Å². The number of benzene rings is 2. The summed E-state index contributed by atoms with van der Waals surface area (Å²) in [5.74, 6) is 0.196. The van der Waals surface area contributed by atoms with Crippen molar-refractivity contribution in [1.29, 1.82) is 0 Å². The molecule has 2 rings (SSSR count). The highest BCUT2D eigenvalue weighted by molar-refractivity contribution is 9.10. The van der Waals surface area contributed by atoms with E-state index in [4.69, 9.17) is 11.6 Å². The summed E-state index contributed by atoms with van der Waals surface area (Å²) in [4.78, 5) is 12.2. The molecule has 0 saturated carbocycles. The van der Waals surface area contributed by atoms with Crippen LogP contribution in [-0.2, 0) is 0 Å². The van der Waals surface area contributed by atoms with Gasteiger partial charge in [0.1, 0.15) is 0 Å². The van der Waals surface area contributed by atoms with Gasteiger partial charge in [-0.25, -0.2) is 0 Å². The average Bonchev–Trinajstić information content (AvgIpc) is 2.46. The van der Waals surface area contributed by atoms with Crippen LogP contribution >= 0.6 is 27.5 Å². The number of halogens is 2. The maximum absolute atomic E-state index is 12.2. The normalized spacial score (nSPS) is 11.9. The van der Waals surface area contributed by atoms with Gasteiger partial charge in [0, 0.05) is 10.4 Å². The number of amides is 1. The summed E-state index contributed by atoms with van der Waals surface area (Å²) in [6.45, 7) is 0. The minimum atomic E-state index is -0.192. The molecule has 0 aliphatic carbocycles. The number of hydrogen-bond donors (Lipinski definition) is 1. The molecular weight excluding hydrogens is 326 g/mol. The van der Waals surface area contributed by atoms with E-state index in [-0.39, 0.29) is 11.9 Å². The van der Waals surface area contributed by atoms with E-state index in [1.165, 1.54) is 0 Å². The van der Waals surface area contributed by atoms with Crippen LogP contribution in [0.15, 0.2) is 59.1 Å². The Morgan fingerprint density at radius 1 is 1.11 bits per heavy atom. The third-order valence-corrected chi connectivity index (χ3v) is 3.78. The number of nitrogens with one attached hydrogen (secondary N) is 1. The molecule has 2 nitrogen and oxygen atoms in total. The van der Waals surface area contributed by atoms with Crippen LogP contribution in [0.2, 0.25) is 0 Å². The molecule has 0 aliphatic rings. The summed E-state index contributed by atoms with van der Waals surface area (Å²) in [6, 6.07) is 16.8. The van der Waals surface area contributed by atoms with Crippen LogP contribution in [0, 0.1) is 0 Å².